The zero-order valence-corrected chi connectivity index (χ0v) is 14.7. The SMILES string of the molecule is CC(Oc1ccc(/C=C/C(=O)Oc2cc(F)c(F)c(F)c2)cc1)C1(C)CO1. The number of carbonyl (C=O) groups excluding carboxylic acids is 1. The molecular formula is C20H17F3O4. The minimum Gasteiger partial charge on any atom is -0.488 e. The van der Waals surface area contributed by atoms with E-state index in [0.717, 1.165) is 6.08 Å². The number of esters is 1. The molecule has 7 heteroatoms. The van der Waals surface area contributed by atoms with Gasteiger partial charge >= 0.3 is 5.97 Å². The zero-order chi connectivity index (χ0) is 19.6. The Kier molecular flexibility index (Phi) is 5.23. The summed E-state index contributed by atoms with van der Waals surface area (Å²) >= 11 is 0. The van der Waals surface area contributed by atoms with Crippen LogP contribution in [0, 0.1) is 17.5 Å². The lowest BCUT2D eigenvalue weighted by Gasteiger charge is -2.18. The van der Waals surface area contributed by atoms with E-state index >= 15 is 0 Å². The monoisotopic (exact) mass is 378 g/mol. The molecule has 0 amide bonds. The van der Waals surface area contributed by atoms with Gasteiger partial charge in [0.05, 0.1) is 6.61 Å². The normalized spacial score (nSPS) is 19.7. The first-order chi connectivity index (χ1) is 12.8. The number of benzene rings is 2. The summed E-state index contributed by atoms with van der Waals surface area (Å²) in [6, 6.07) is 8.16. The van der Waals surface area contributed by atoms with Crippen LogP contribution in [0.4, 0.5) is 13.2 Å². The second kappa shape index (κ2) is 7.44. The molecule has 0 radical (unpaired) electrons. The van der Waals surface area contributed by atoms with Crippen LogP contribution in [-0.4, -0.2) is 24.3 Å². The first kappa shape index (κ1) is 19.0. The highest BCUT2D eigenvalue weighted by Gasteiger charge is 2.46. The van der Waals surface area contributed by atoms with Gasteiger partial charge in [-0.3, -0.25) is 0 Å². The maximum Gasteiger partial charge on any atom is 0.336 e. The van der Waals surface area contributed by atoms with E-state index < -0.39 is 29.2 Å². The number of halogens is 3. The molecule has 27 heavy (non-hydrogen) atoms. The summed E-state index contributed by atoms with van der Waals surface area (Å²) < 4.78 is 55.0. The van der Waals surface area contributed by atoms with Crippen molar-refractivity contribution in [3.8, 4) is 11.5 Å². The van der Waals surface area contributed by atoms with Gasteiger partial charge in [-0.2, -0.15) is 0 Å². The Labute approximate surface area is 154 Å². The van der Waals surface area contributed by atoms with Crippen molar-refractivity contribution in [2.75, 3.05) is 6.61 Å². The number of epoxide rings is 1. The number of carbonyl (C=O) groups is 1. The fourth-order valence-corrected chi connectivity index (χ4v) is 2.24. The van der Waals surface area contributed by atoms with Crippen molar-refractivity contribution >= 4 is 12.0 Å². The number of hydrogen-bond acceptors (Lipinski definition) is 4. The lowest BCUT2D eigenvalue weighted by atomic mass is 10.1. The Morgan fingerprint density at radius 3 is 2.30 bits per heavy atom. The van der Waals surface area contributed by atoms with Gasteiger partial charge in [0.2, 0.25) is 0 Å². The minimum atomic E-state index is -1.62. The average molecular weight is 378 g/mol. The third-order valence-electron chi connectivity index (χ3n) is 4.24. The van der Waals surface area contributed by atoms with Crippen LogP contribution < -0.4 is 9.47 Å². The molecule has 1 saturated heterocycles. The molecule has 2 unspecified atom stereocenters. The molecule has 2 aromatic carbocycles. The van der Waals surface area contributed by atoms with E-state index in [4.69, 9.17) is 14.2 Å². The molecule has 1 aliphatic heterocycles. The van der Waals surface area contributed by atoms with Crippen LogP contribution >= 0.6 is 0 Å². The smallest absolute Gasteiger partial charge is 0.336 e. The summed E-state index contributed by atoms with van der Waals surface area (Å²) in [5.41, 5.74) is 0.444. The first-order valence-corrected chi connectivity index (χ1v) is 8.22. The highest BCUT2D eigenvalue weighted by molar-refractivity contribution is 5.88. The van der Waals surface area contributed by atoms with Gasteiger partial charge in [0.1, 0.15) is 23.2 Å². The highest BCUT2D eigenvalue weighted by atomic mass is 19.2. The lowest BCUT2D eigenvalue weighted by Crippen LogP contribution is -2.29. The van der Waals surface area contributed by atoms with E-state index in [2.05, 4.69) is 0 Å². The highest BCUT2D eigenvalue weighted by Crippen LogP contribution is 2.32. The molecule has 2 atom stereocenters. The Hall–Kier alpha value is -2.80. The molecule has 142 valence electrons. The third kappa shape index (κ3) is 4.68. The van der Waals surface area contributed by atoms with Gasteiger partial charge in [0, 0.05) is 18.2 Å². The van der Waals surface area contributed by atoms with Crippen LogP contribution in [0.15, 0.2) is 42.5 Å². The van der Waals surface area contributed by atoms with Gasteiger partial charge in [0.15, 0.2) is 17.5 Å². The van der Waals surface area contributed by atoms with Crippen molar-refractivity contribution in [2.24, 2.45) is 0 Å². The van der Waals surface area contributed by atoms with Crippen LogP contribution in [0.2, 0.25) is 0 Å². The van der Waals surface area contributed by atoms with Gasteiger partial charge in [-0.25, -0.2) is 18.0 Å². The van der Waals surface area contributed by atoms with E-state index in [1.54, 1.807) is 24.3 Å². The van der Waals surface area contributed by atoms with E-state index in [-0.39, 0.29) is 11.7 Å². The second-order valence-electron chi connectivity index (χ2n) is 6.39. The quantitative estimate of drug-likeness (QED) is 0.248. The molecule has 0 aliphatic carbocycles. The van der Waals surface area contributed by atoms with Crippen LogP contribution in [-0.2, 0) is 9.53 Å². The number of ether oxygens (including phenoxy) is 3. The molecule has 0 bridgehead atoms. The van der Waals surface area contributed by atoms with E-state index in [1.165, 1.54) is 6.08 Å². The summed E-state index contributed by atoms with van der Waals surface area (Å²) in [7, 11) is 0. The summed E-state index contributed by atoms with van der Waals surface area (Å²) in [5.74, 6) is -5.10. The molecule has 0 aromatic heterocycles. The molecule has 0 spiro atoms. The minimum absolute atomic E-state index is 0.0923. The molecule has 0 N–H and O–H groups in total. The summed E-state index contributed by atoms with van der Waals surface area (Å²) in [6.07, 6.45) is 2.47. The molecule has 1 heterocycles. The lowest BCUT2D eigenvalue weighted by molar-refractivity contribution is -0.128. The molecule has 4 nitrogen and oxygen atoms in total. The maximum absolute atomic E-state index is 13.1. The zero-order valence-electron chi connectivity index (χ0n) is 14.7. The second-order valence-corrected chi connectivity index (χ2v) is 6.39. The largest absolute Gasteiger partial charge is 0.488 e. The molecule has 0 saturated carbocycles. The van der Waals surface area contributed by atoms with Crippen molar-refractivity contribution in [1.82, 2.24) is 0 Å². The van der Waals surface area contributed by atoms with E-state index in [1.807, 2.05) is 13.8 Å². The molecule has 1 aliphatic rings. The van der Waals surface area contributed by atoms with Gasteiger partial charge in [-0.15, -0.1) is 0 Å². The van der Waals surface area contributed by atoms with Crippen LogP contribution in [0.1, 0.15) is 19.4 Å². The molecule has 3 rings (SSSR count). The van der Waals surface area contributed by atoms with Crippen molar-refractivity contribution < 1.29 is 32.2 Å². The van der Waals surface area contributed by atoms with Gasteiger partial charge in [-0.05, 0) is 37.6 Å². The van der Waals surface area contributed by atoms with Crippen molar-refractivity contribution in [3.63, 3.8) is 0 Å². The third-order valence-corrected chi connectivity index (χ3v) is 4.24. The predicted octanol–water partition coefficient (Wildman–Crippen LogP) is 4.28. The summed E-state index contributed by atoms with van der Waals surface area (Å²) in [4.78, 5) is 11.7. The molecule has 2 aromatic rings. The van der Waals surface area contributed by atoms with Gasteiger partial charge in [0.25, 0.3) is 0 Å². The first-order valence-electron chi connectivity index (χ1n) is 8.22. The fraction of sp³-hybridized carbons (Fsp3) is 0.250. The maximum atomic E-state index is 13.1. The van der Waals surface area contributed by atoms with Crippen molar-refractivity contribution in [1.29, 1.82) is 0 Å². The van der Waals surface area contributed by atoms with Gasteiger partial charge < -0.3 is 14.2 Å². The number of rotatable bonds is 6. The average Bonchev–Trinajstić information content (AvgIpc) is 3.38. The standard InChI is InChI=1S/C20H17F3O4/c1-12(20(2)11-25-20)26-14-6-3-13(4-7-14)5-8-18(24)27-15-9-16(21)19(23)17(22)10-15/h3-10,12H,11H2,1-2H3/b8-5+. The molecular weight excluding hydrogens is 361 g/mol. The Bertz CT molecular complexity index is 850. The van der Waals surface area contributed by atoms with Crippen molar-refractivity contribution in [3.05, 3.63) is 65.5 Å². The fourth-order valence-electron chi connectivity index (χ4n) is 2.24. The summed E-state index contributed by atoms with van der Waals surface area (Å²) in [6.45, 7) is 4.57. The van der Waals surface area contributed by atoms with Crippen LogP contribution in [0.25, 0.3) is 6.08 Å². The van der Waals surface area contributed by atoms with E-state index in [0.29, 0.717) is 30.1 Å². The van der Waals surface area contributed by atoms with Crippen LogP contribution in [0.5, 0.6) is 11.5 Å². The van der Waals surface area contributed by atoms with Crippen LogP contribution in [0.3, 0.4) is 0 Å². The van der Waals surface area contributed by atoms with Gasteiger partial charge in [-0.1, -0.05) is 12.1 Å². The topological polar surface area (TPSA) is 48.1 Å². The Morgan fingerprint density at radius 2 is 1.74 bits per heavy atom. The molecule has 1 fully saturated rings. The number of hydrogen-bond donors (Lipinski definition) is 0. The Morgan fingerprint density at radius 1 is 1.15 bits per heavy atom. The predicted molar refractivity (Wildman–Crippen MR) is 91.9 cm³/mol. The van der Waals surface area contributed by atoms with Crippen molar-refractivity contribution in [2.45, 2.75) is 25.6 Å². The van der Waals surface area contributed by atoms with E-state index in [9.17, 15) is 18.0 Å². The Balaban J connectivity index is 1.58. The summed E-state index contributed by atoms with van der Waals surface area (Å²) in [5, 5.41) is 0.